The minimum atomic E-state index is -0.548. The van der Waals surface area contributed by atoms with Gasteiger partial charge in [-0.15, -0.1) is 11.3 Å². The molecule has 2 aromatic rings. The molecule has 0 radical (unpaired) electrons. The largest absolute Gasteiger partial charge is 0.373 e. The summed E-state index contributed by atoms with van der Waals surface area (Å²) in [4.78, 5) is 14.7. The maximum atomic E-state index is 11.0. The summed E-state index contributed by atoms with van der Waals surface area (Å²) >= 11 is 1.48. The molecule has 1 aromatic carbocycles. The zero-order valence-corrected chi connectivity index (χ0v) is 10.9. The molecular weight excluding hydrogens is 264 g/mol. The van der Waals surface area contributed by atoms with Crippen molar-refractivity contribution < 1.29 is 4.92 Å². The summed E-state index contributed by atoms with van der Waals surface area (Å²) in [5, 5.41) is 25.6. The molecule has 2 rings (SSSR count). The highest BCUT2D eigenvalue weighted by atomic mass is 32.1. The highest BCUT2D eigenvalue weighted by Gasteiger charge is 2.19. The van der Waals surface area contributed by atoms with E-state index >= 15 is 0 Å². The van der Waals surface area contributed by atoms with E-state index in [0.717, 1.165) is 10.7 Å². The van der Waals surface area contributed by atoms with Crippen LogP contribution in [0.3, 0.4) is 0 Å². The first-order valence-electron chi connectivity index (χ1n) is 5.44. The van der Waals surface area contributed by atoms with Crippen molar-refractivity contribution in [3.8, 4) is 6.07 Å². The van der Waals surface area contributed by atoms with Gasteiger partial charge >= 0.3 is 5.69 Å². The molecule has 0 fully saturated rings. The van der Waals surface area contributed by atoms with Crippen LogP contribution in [-0.4, -0.2) is 9.91 Å². The van der Waals surface area contributed by atoms with E-state index in [1.54, 1.807) is 12.1 Å². The Bertz CT molecular complexity index is 660. The fourth-order valence-corrected chi connectivity index (χ4v) is 2.34. The molecule has 0 saturated heterocycles. The van der Waals surface area contributed by atoms with Crippen LogP contribution in [0.5, 0.6) is 0 Å². The SMILES string of the molecule is Cc1csc(CNc2cccc(C#N)c2[N+](=O)[O-])n1. The van der Waals surface area contributed by atoms with E-state index in [9.17, 15) is 10.1 Å². The molecule has 6 nitrogen and oxygen atoms in total. The fourth-order valence-electron chi connectivity index (χ4n) is 1.63. The van der Waals surface area contributed by atoms with Crippen molar-refractivity contribution in [2.24, 2.45) is 0 Å². The summed E-state index contributed by atoms with van der Waals surface area (Å²) in [6.45, 7) is 2.28. The van der Waals surface area contributed by atoms with Crippen LogP contribution in [-0.2, 0) is 6.54 Å². The first-order valence-corrected chi connectivity index (χ1v) is 6.32. The number of aromatic nitrogens is 1. The number of para-hydroxylation sites is 1. The van der Waals surface area contributed by atoms with Crippen LogP contribution in [0.25, 0.3) is 0 Å². The normalized spacial score (nSPS) is 9.89. The van der Waals surface area contributed by atoms with Gasteiger partial charge in [-0.3, -0.25) is 10.1 Å². The van der Waals surface area contributed by atoms with Gasteiger partial charge < -0.3 is 5.32 Å². The molecule has 0 aliphatic heterocycles. The van der Waals surface area contributed by atoms with Crippen LogP contribution in [0.1, 0.15) is 16.3 Å². The molecule has 0 atom stereocenters. The Balaban J connectivity index is 2.25. The molecule has 96 valence electrons. The average molecular weight is 274 g/mol. The number of rotatable bonds is 4. The summed E-state index contributed by atoms with van der Waals surface area (Å²) in [6.07, 6.45) is 0. The predicted molar refractivity (Wildman–Crippen MR) is 72.0 cm³/mol. The van der Waals surface area contributed by atoms with Crippen molar-refractivity contribution in [1.82, 2.24) is 4.98 Å². The van der Waals surface area contributed by atoms with Gasteiger partial charge in [0.15, 0.2) is 0 Å². The third kappa shape index (κ3) is 2.86. The number of nitro groups is 1. The molecular formula is C12H10N4O2S. The Labute approximate surface area is 113 Å². The van der Waals surface area contributed by atoms with E-state index in [1.165, 1.54) is 17.4 Å². The molecule has 0 spiro atoms. The number of aryl methyl sites for hydroxylation is 1. The van der Waals surface area contributed by atoms with Crippen molar-refractivity contribution in [2.75, 3.05) is 5.32 Å². The van der Waals surface area contributed by atoms with E-state index in [4.69, 9.17) is 5.26 Å². The summed E-state index contributed by atoms with van der Waals surface area (Å²) in [6, 6.07) is 6.45. The standard InChI is InChI=1S/C12H10N4O2S/c1-8-7-19-11(15-8)6-14-10-4-2-3-9(5-13)12(10)16(17)18/h2-4,7,14H,6H2,1H3. The summed E-state index contributed by atoms with van der Waals surface area (Å²) in [7, 11) is 0. The monoisotopic (exact) mass is 274 g/mol. The van der Waals surface area contributed by atoms with Crippen molar-refractivity contribution in [2.45, 2.75) is 13.5 Å². The molecule has 1 heterocycles. The minimum absolute atomic E-state index is 0.0466. The van der Waals surface area contributed by atoms with Crippen LogP contribution in [0.2, 0.25) is 0 Å². The molecule has 0 aliphatic rings. The van der Waals surface area contributed by atoms with Gasteiger partial charge in [0.25, 0.3) is 0 Å². The second-order valence-electron chi connectivity index (χ2n) is 3.81. The zero-order chi connectivity index (χ0) is 13.8. The number of benzene rings is 1. The highest BCUT2D eigenvalue weighted by Crippen LogP contribution is 2.28. The molecule has 0 aliphatic carbocycles. The molecule has 19 heavy (non-hydrogen) atoms. The van der Waals surface area contributed by atoms with Gasteiger partial charge in [0, 0.05) is 11.1 Å². The van der Waals surface area contributed by atoms with Crippen LogP contribution in [0, 0.1) is 28.4 Å². The van der Waals surface area contributed by atoms with Crippen LogP contribution in [0.15, 0.2) is 23.6 Å². The van der Waals surface area contributed by atoms with Gasteiger partial charge in [0.2, 0.25) is 0 Å². The van der Waals surface area contributed by atoms with E-state index in [1.807, 2.05) is 18.4 Å². The second kappa shape index (κ2) is 5.46. The fraction of sp³-hybridized carbons (Fsp3) is 0.167. The lowest BCUT2D eigenvalue weighted by Gasteiger charge is -2.05. The maximum Gasteiger partial charge on any atom is 0.309 e. The first kappa shape index (κ1) is 13.0. The predicted octanol–water partition coefficient (Wildman–Crippen LogP) is 2.84. The summed E-state index contributed by atoms with van der Waals surface area (Å²) in [5.41, 5.74) is 1.10. The Morgan fingerprint density at radius 2 is 2.37 bits per heavy atom. The molecule has 1 N–H and O–H groups in total. The molecule has 0 amide bonds. The third-order valence-electron chi connectivity index (χ3n) is 2.44. The average Bonchev–Trinajstić information content (AvgIpc) is 2.81. The second-order valence-corrected chi connectivity index (χ2v) is 4.75. The van der Waals surface area contributed by atoms with Crippen molar-refractivity contribution >= 4 is 22.7 Å². The quantitative estimate of drug-likeness (QED) is 0.683. The molecule has 1 aromatic heterocycles. The van der Waals surface area contributed by atoms with Gasteiger partial charge in [-0.05, 0) is 19.1 Å². The number of thiazole rings is 1. The lowest BCUT2D eigenvalue weighted by atomic mass is 10.1. The van der Waals surface area contributed by atoms with E-state index in [2.05, 4.69) is 10.3 Å². The van der Waals surface area contributed by atoms with Crippen LogP contribution < -0.4 is 5.32 Å². The van der Waals surface area contributed by atoms with Crippen LogP contribution >= 0.6 is 11.3 Å². The van der Waals surface area contributed by atoms with Gasteiger partial charge in [0.05, 0.1) is 11.5 Å². The Morgan fingerprint density at radius 1 is 1.58 bits per heavy atom. The topological polar surface area (TPSA) is 91.8 Å². The number of hydrogen-bond donors (Lipinski definition) is 1. The molecule has 0 bridgehead atoms. The number of nitro benzene ring substituents is 1. The first-order chi connectivity index (χ1) is 9.11. The Kier molecular flexibility index (Phi) is 3.73. The maximum absolute atomic E-state index is 11.0. The van der Waals surface area contributed by atoms with Crippen molar-refractivity contribution in [3.05, 3.63) is 50.0 Å². The smallest absolute Gasteiger partial charge is 0.309 e. The van der Waals surface area contributed by atoms with Crippen LogP contribution in [0.4, 0.5) is 11.4 Å². The number of anilines is 1. The minimum Gasteiger partial charge on any atom is -0.373 e. The number of hydrogen-bond acceptors (Lipinski definition) is 6. The highest BCUT2D eigenvalue weighted by molar-refractivity contribution is 7.09. The Morgan fingerprint density at radius 3 is 2.95 bits per heavy atom. The number of nitriles is 1. The molecule has 0 saturated carbocycles. The lowest BCUT2D eigenvalue weighted by molar-refractivity contribution is -0.384. The lowest BCUT2D eigenvalue weighted by Crippen LogP contribution is -2.03. The van der Waals surface area contributed by atoms with Gasteiger partial charge in [-0.25, -0.2) is 4.98 Å². The van der Waals surface area contributed by atoms with Crippen molar-refractivity contribution in [3.63, 3.8) is 0 Å². The van der Waals surface area contributed by atoms with Gasteiger partial charge in [0.1, 0.15) is 22.3 Å². The van der Waals surface area contributed by atoms with Crippen molar-refractivity contribution in [1.29, 1.82) is 5.26 Å². The van der Waals surface area contributed by atoms with E-state index in [-0.39, 0.29) is 11.3 Å². The molecule has 0 unspecified atom stereocenters. The summed E-state index contributed by atoms with van der Waals surface area (Å²) < 4.78 is 0. The third-order valence-corrected chi connectivity index (χ3v) is 3.40. The van der Waals surface area contributed by atoms with E-state index < -0.39 is 4.92 Å². The van der Waals surface area contributed by atoms with Gasteiger partial charge in [-0.1, -0.05) is 6.07 Å². The van der Waals surface area contributed by atoms with Gasteiger partial charge in [-0.2, -0.15) is 5.26 Å². The number of nitrogens with one attached hydrogen (secondary N) is 1. The molecule has 7 heteroatoms. The Hall–Kier alpha value is -2.46. The zero-order valence-electron chi connectivity index (χ0n) is 10.1. The summed E-state index contributed by atoms with van der Waals surface area (Å²) in [5.74, 6) is 0. The van der Waals surface area contributed by atoms with E-state index in [0.29, 0.717) is 12.2 Å². The number of nitrogens with zero attached hydrogens (tertiary/aromatic N) is 3.